The lowest BCUT2D eigenvalue weighted by Crippen LogP contribution is -2.45. The van der Waals surface area contributed by atoms with E-state index in [-0.39, 0.29) is 34.4 Å². The highest BCUT2D eigenvalue weighted by atomic mass is 32.1. The second kappa shape index (κ2) is 10.00. The van der Waals surface area contributed by atoms with Crippen LogP contribution in [0.4, 0.5) is 13.2 Å². The summed E-state index contributed by atoms with van der Waals surface area (Å²) in [7, 11) is 0. The van der Waals surface area contributed by atoms with Crippen molar-refractivity contribution in [3.63, 3.8) is 0 Å². The number of likely N-dealkylation sites (tertiary alicyclic amines) is 1. The van der Waals surface area contributed by atoms with Gasteiger partial charge in [-0.25, -0.2) is 0 Å². The summed E-state index contributed by atoms with van der Waals surface area (Å²) in [6.07, 6.45) is -3.18. The molecule has 170 valence electrons. The highest BCUT2D eigenvalue weighted by Crippen LogP contribution is 2.30. The Kier molecular flexibility index (Phi) is 8.15. The summed E-state index contributed by atoms with van der Waals surface area (Å²) in [5.74, 6) is 0.0378. The number of hydrogen-bond acceptors (Lipinski definition) is 5. The predicted octanol–water partition coefficient (Wildman–Crippen LogP) is 3.49. The molecule has 2 atom stereocenters. The first kappa shape index (κ1) is 24.5. The van der Waals surface area contributed by atoms with Gasteiger partial charge in [0.25, 0.3) is 0 Å². The van der Waals surface area contributed by atoms with Gasteiger partial charge in [0.15, 0.2) is 11.7 Å². The monoisotopic (exact) mass is 449 g/mol. The fourth-order valence-corrected chi connectivity index (χ4v) is 4.17. The van der Waals surface area contributed by atoms with E-state index in [0.29, 0.717) is 19.5 Å². The number of nitrogens with one attached hydrogen (secondary N) is 2. The highest BCUT2D eigenvalue weighted by Gasteiger charge is 2.29. The lowest BCUT2D eigenvalue weighted by atomic mass is 10.0. The van der Waals surface area contributed by atoms with E-state index in [1.807, 2.05) is 25.7 Å². The van der Waals surface area contributed by atoms with Crippen molar-refractivity contribution in [3.8, 4) is 5.06 Å². The first-order chi connectivity index (χ1) is 13.8. The average molecular weight is 450 g/mol. The molecule has 0 radical (unpaired) electrons. The van der Waals surface area contributed by atoms with Crippen molar-refractivity contribution in [2.75, 3.05) is 26.2 Å². The number of amides is 2. The lowest BCUT2D eigenvalue weighted by molar-refractivity contribution is -0.152. The summed E-state index contributed by atoms with van der Waals surface area (Å²) >= 11 is 1.09. The Morgan fingerprint density at radius 3 is 2.60 bits per heavy atom. The SMILES string of the molecule is C[C@@H](NC(=O)C[C@H]1CCN(CC(=O)NC(C)(C)C)C1)c1ccc(OCC(F)(F)F)s1. The fourth-order valence-electron chi connectivity index (χ4n) is 3.32. The molecule has 2 rings (SSSR count). The van der Waals surface area contributed by atoms with Crippen molar-refractivity contribution in [1.29, 1.82) is 0 Å². The maximum atomic E-state index is 12.4. The number of halogens is 3. The van der Waals surface area contributed by atoms with Gasteiger partial charge in [0.1, 0.15) is 0 Å². The molecular formula is C20H30F3N3O3S. The maximum absolute atomic E-state index is 12.4. The zero-order chi connectivity index (χ0) is 22.5. The number of rotatable bonds is 8. The van der Waals surface area contributed by atoms with Crippen molar-refractivity contribution in [1.82, 2.24) is 15.5 Å². The van der Waals surface area contributed by atoms with Crippen LogP contribution in [0, 0.1) is 5.92 Å². The third kappa shape index (κ3) is 8.91. The van der Waals surface area contributed by atoms with Gasteiger partial charge in [-0.3, -0.25) is 14.5 Å². The van der Waals surface area contributed by atoms with Crippen molar-refractivity contribution in [2.45, 2.75) is 58.3 Å². The molecule has 2 N–H and O–H groups in total. The molecule has 10 heteroatoms. The molecule has 0 saturated carbocycles. The van der Waals surface area contributed by atoms with E-state index in [4.69, 9.17) is 4.74 Å². The number of ether oxygens (including phenoxy) is 1. The van der Waals surface area contributed by atoms with E-state index in [1.165, 1.54) is 6.07 Å². The summed E-state index contributed by atoms with van der Waals surface area (Å²) in [5, 5.41) is 5.99. The van der Waals surface area contributed by atoms with Crippen molar-refractivity contribution in [2.24, 2.45) is 5.92 Å². The van der Waals surface area contributed by atoms with Crippen molar-refractivity contribution in [3.05, 3.63) is 17.0 Å². The second-order valence-electron chi connectivity index (χ2n) is 8.74. The van der Waals surface area contributed by atoms with E-state index in [2.05, 4.69) is 10.6 Å². The number of carbonyl (C=O) groups excluding carboxylic acids is 2. The molecule has 1 fully saturated rings. The maximum Gasteiger partial charge on any atom is 0.422 e. The summed E-state index contributed by atoms with van der Waals surface area (Å²) in [4.78, 5) is 27.2. The summed E-state index contributed by atoms with van der Waals surface area (Å²) in [5.41, 5.74) is -0.272. The second-order valence-corrected chi connectivity index (χ2v) is 9.82. The minimum Gasteiger partial charge on any atom is -0.475 e. The quantitative estimate of drug-likeness (QED) is 0.638. The van der Waals surface area contributed by atoms with Crippen LogP contribution in [0.1, 0.15) is 51.5 Å². The van der Waals surface area contributed by atoms with Crippen LogP contribution in [0.2, 0.25) is 0 Å². The molecule has 0 aromatic carbocycles. The smallest absolute Gasteiger partial charge is 0.422 e. The van der Waals surface area contributed by atoms with Crippen LogP contribution >= 0.6 is 11.3 Å². The van der Waals surface area contributed by atoms with Crippen LogP contribution in [0.5, 0.6) is 5.06 Å². The van der Waals surface area contributed by atoms with Crippen LogP contribution in [-0.4, -0.2) is 54.7 Å². The van der Waals surface area contributed by atoms with Gasteiger partial charge in [-0.05, 0) is 58.7 Å². The molecule has 2 heterocycles. The van der Waals surface area contributed by atoms with Gasteiger partial charge in [-0.1, -0.05) is 0 Å². The molecule has 0 unspecified atom stereocenters. The molecule has 2 amide bonds. The van der Waals surface area contributed by atoms with Crippen LogP contribution in [-0.2, 0) is 9.59 Å². The zero-order valence-corrected chi connectivity index (χ0v) is 18.6. The third-order valence-corrected chi connectivity index (χ3v) is 5.69. The van der Waals surface area contributed by atoms with E-state index in [1.54, 1.807) is 13.0 Å². The van der Waals surface area contributed by atoms with Gasteiger partial charge in [0, 0.05) is 23.4 Å². The van der Waals surface area contributed by atoms with E-state index in [0.717, 1.165) is 29.2 Å². The summed E-state index contributed by atoms with van der Waals surface area (Å²) in [6, 6.07) is 2.82. The van der Waals surface area contributed by atoms with Gasteiger partial charge in [0.2, 0.25) is 11.8 Å². The lowest BCUT2D eigenvalue weighted by Gasteiger charge is -2.23. The average Bonchev–Trinajstić information content (AvgIpc) is 3.19. The molecule has 1 saturated heterocycles. The fraction of sp³-hybridized carbons (Fsp3) is 0.700. The number of nitrogens with zero attached hydrogens (tertiary/aromatic N) is 1. The molecule has 0 aliphatic carbocycles. The number of alkyl halides is 3. The standard InChI is InChI=1S/C20H30F3N3O3S/c1-13(15-5-6-18(30-15)29-12-20(21,22)23)24-16(27)9-14-7-8-26(10-14)11-17(28)25-19(2,3)4/h5-6,13-14H,7-12H2,1-4H3,(H,24,27)(H,25,28)/t13-,14-/m1/s1. The van der Waals surface area contributed by atoms with Crippen LogP contribution in [0.25, 0.3) is 0 Å². The third-order valence-electron chi connectivity index (χ3n) is 4.51. The number of thiophene rings is 1. The molecular weight excluding hydrogens is 419 g/mol. The van der Waals surface area contributed by atoms with E-state index in [9.17, 15) is 22.8 Å². The van der Waals surface area contributed by atoms with Gasteiger partial charge in [0.05, 0.1) is 12.6 Å². The largest absolute Gasteiger partial charge is 0.475 e. The first-order valence-corrected chi connectivity index (χ1v) is 10.7. The molecule has 1 aliphatic rings. The predicted molar refractivity (Wildman–Crippen MR) is 109 cm³/mol. The van der Waals surface area contributed by atoms with E-state index >= 15 is 0 Å². The Bertz CT molecular complexity index is 731. The Morgan fingerprint density at radius 2 is 1.97 bits per heavy atom. The molecule has 0 bridgehead atoms. The minimum atomic E-state index is -4.38. The number of carbonyl (C=O) groups is 2. The summed E-state index contributed by atoms with van der Waals surface area (Å²) < 4.78 is 41.4. The van der Waals surface area contributed by atoms with Gasteiger partial charge in [-0.15, -0.1) is 11.3 Å². The molecule has 1 aromatic rings. The Hall–Kier alpha value is -1.81. The Morgan fingerprint density at radius 1 is 1.27 bits per heavy atom. The topological polar surface area (TPSA) is 70.7 Å². The minimum absolute atomic E-state index is 0.0255. The van der Waals surface area contributed by atoms with E-state index < -0.39 is 12.8 Å². The Balaban J connectivity index is 1.74. The highest BCUT2D eigenvalue weighted by molar-refractivity contribution is 7.13. The molecule has 30 heavy (non-hydrogen) atoms. The Labute approximate surface area is 179 Å². The van der Waals surface area contributed by atoms with Crippen LogP contribution in [0.15, 0.2) is 12.1 Å². The molecule has 0 spiro atoms. The van der Waals surface area contributed by atoms with Crippen molar-refractivity contribution >= 4 is 23.2 Å². The normalized spacial score (nSPS) is 18.8. The first-order valence-electron chi connectivity index (χ1n) is 9.93. The van der Waals surface area contributed by atoms with Gasteiger partial charge < -0.3 is 15.4 Å². The van der Waals surface area contributed by atoms with Crippen LogP contribution in [0.3, 0.4) is 0 Å². The van der Waals surface area contributed by atoms with Crippen molar-refractivity contribution < 1.29 is 27.5 Å². The van der Waals surface area contributed by atoms with Gasteiger partial charge in [-0.2, -0.15) is 13.2 Å². The van der Waals surface area contributed by atoms with Gasteiger partial charge >= 0.3 is 6.18 Å². The number of hydrogen-bond donors (Lipinski definition) is 2. The van der Waals surface area contributed by atoms with Crippen LogP contribution < -0.4 is 15.4 Å². The summed E-state index contributed by atoms with van der Waals surface area (Å²) in [6.45, 7) is 8.03. The zero-order valence-electron chi connectivity index (χ0n) is 17.8. The molecule has 6 nitrogen and oxygen atoms in total. The molecule has 1 aliphatic heterocycles. The molecule has 1 aromatic heterocycles.